The Morgan fingerprint density at radius 2 is 2.00 bits per heavy atom. The van der Waals surface area contributed by atoms with E-state index in [-0.39, 0.29) is 0 Å². The molecule has 1 aliphatic rings. The lowest BCUT2D eigenvalue weighted by atomic mass is 10.1. The number of morpholine rings is 1. The number of aromatic nitrogens is 4. The number of hydrogen-bond donors (Lipinski definition) is 1. The standard InChI is InChI=1S/C25H29N5O4/c1-16-11-22(29(2)28-16)21-14-20-19(15-26-21)18-12-17(25(31)32-3)13-23(24(18)27-20)34-8-4-5-30-6-9-33-10-7-30/h11-15,27H,4-10H2,1-3H3. The molecule has 0 spiro atoms. The fourth-order valence-corrected chi connectivity index (χ4v) is 4.50. The number of ether oxygens (including phenoxy) is 3. The van der Waals surface area contributed by atoms with Gasteiger partial charge in [-0.3, -0.25) is 14.6 Å². The highest BCUT2D eigenvalue weighted by molar-refractivity contribution is 6.11. The normalized spacial score (nSPS) is 14.7. The number of carbonyl (C=O) groups excluding carboxylic acids is 1. The number of pyridine rings is 1. The van der Waals surface area contributed by atoms with Gasteiger partial charge < -0.3 is 19.2 Å². The van der Waals surface area contributed by atoms with Crippen LogP contribution >= 0.6 is 0 Å². The minimum Gasteiger partial charge on any atom is -0.491 e. The molecule has 0 unspecified atom stereocenters. The number of carbonyl (C=O) groups is 1. The molecule has 178 valence electrons. The molecule has 1 aliphatic heterocycles. The van der Waals surface area contributed by atoms with Crippen LogP contribution < -0.4 is 4.74 Å². The van der Waals surface area contributed by atoms with E-state index < -0.39 is 5.97 Å². The molecule has 5 rings (SSSR count). The van der Waals surface area contributed by atoms with Crippen LogP contribution in [0.3, 0.4) is 0 Å². The highest BCUT2D eigenvalue weighted by atomic mass is 16.5. The zero-order valence-electron chi connectivity index (χ0n) is 19.8. The molecule has 0 radical (unpaired) electrons. The third kappa shape index (κ3) is 4.36. The fraction of sp³-hybridized carbons (Fsp3) is 0.400. The maximum atomic E-state index is 12.4. The molecule has 4 heterocycles. The van der Waals surface area contributed by atoms with Gasteiger partial charge >= 0.3 is 5.97 Å². The Bertz CT molecular complexity index is 1340. The number of nitrogens with zero attached hydrogens (tertiary/aromatic N) is 4. The molecule has 1 aromatic carbocycles. The first-order chi connectivity index (χ1) is 16.5. The Balaban J connectivity index is 1.47. The summed E-state index contributed by atoms with van der Waals surface area (Å²) in [4.78, 5) is 22.9. The molecular weight excluding hydrogens is 434 g/mol. The Morgan fingerprint density at radius 3 is 2.74 bits per heavy atom. The zero-order valence-corrected chi connectivity index (χ0v) is 19.8. The minimum absolute atomic E-state index is 0.399. The Labute approximate surface area is 197 Å². The van der Waals surface area contributed by atoms with Gasteiger partial charge in [-0.15, -0.1) is 0 Å². The van der Waals surface area contributed by atoms with E-state index in [1.807, 2.05) is 43.0 Å². The Hall–Kier alpha value is -3.43. The molecule has 1 saturated heterocycles. The summed E-state index contributed by atoms with van der Waals surface area (Å²) in [5, 5.41) is 6.22. The molecular formula is C25H29N5O4. The molecule has 0 amide bonds. The molecule has 4 aromatic rings. The highest BCUT2D eigenvalue weighted by Crippen LogP contribution is 2.34. The van der Waals surface area contributed by atoms with E-state index in [1.54, 1.807) is 6.07 Å². The van der Waals surface area contributed by atoms with Crippen molar-refractivity contribution in [1.29, 1.82) is 0 Å². The van der Waals surface area contributed by atoms with E-state index >= 15 is 0 Å². The third-order valence-electron chi connectivity index (χ3n) is 6.22. The first-order valence-electron chi connectivity index (χ1n) is 11.5. The van der Waals surface area contributed by atoms with Crippen LogP contribution in [0.5, 0.6) is 5.75 Å². The van der Waals surface area contributed by atoms with Crippen molar-refractivity contribution in [3.05, 3.63) is 41.7 Å². The third-order valence-corrected chi connectivity index (χ3v) is 6.22. The van der Waals surface area contributed by atoms with Crippen LogP contribution in [-0.2, 0) is 16.5 Å². The average Bonchev–Trinajstić information content (AvgIpc) is 3.40. The van der Waals surface area contributed by atoms with Crippen LogP contribution in [0.4, 0.5) is 0 Å². The highest BCUT2D eigenvalue weighted by Gasteiger charge is 2.17. The molecule has 0 bridgehead atoms. The smallest absolute Gasteiger partial charge is 0.338 e. The van der Waals surface area contributed by atoms with Gasteiger partial charge in [0.05, 0.1) is 60.6 Å². The van der Waals surface area contributed by atoms with Crippen molar-refractivity contribution in [2.45, 2.75) is 13.3 Å². The maximum absolute atomic E-state index is 12.4. The van der Waals surface area contributed by atoms with Crippen molar-refractivity contribution in [2.24, 2.45) is 7.05 Å². The van der Waals surface area contributed by atoms with Crippen LogP contribution in [0, 0.1) is 6.92 Å². The van der Waals surface area contributed by atoms with Crippen LogP contribution in [0.25, 0.3) is 33.2 Å². The molecule has 9 nitrogen and oxygen atoms in total. The van der Waals surface area contributed by atoms with Gasteiger partial charge in [0.25, 0.3) is 0 Å². The van der Waals surface area contributed by atoms with Gasteiger partial charge in [0, 0.05) is 43.7 Å². The maximum Gasteiger partial charge on any atom is 0.338 e. The van der Waals surface area contributed by atoms with Gasteiger partial charge in [0.15, 0.2) is 0 Å². The number of methoxy groups -OCH3 is 1. The number of H-pyrrole nitrogens is 1. The van der Waals surface area contributed by atoms with Crippen LogP contribution in [-0.4, -0.2) is 77.2 Å². The molecule has 9 heteroatoms. The molecule has 34 heavy (non-hydrogen) atoms. The predicted molar refractivity (Wildman–Crippen MR) is 129 cm³/mol. The number of benzene rings is 1. The number of aromatic amines is 1. The fourth-order valence-electron chi connectivity index (χ4n) is 4.50. The van der Waals surface area contributed by atoms with E-state index in [9.17, 15) is 4.79 Å². The second kappa shape index (κ2) is 9.44. The Kier molecular flexibility index (Phi) is 6.21. The monoisotopic (exact) mass is 463 g/mol. The van der Waals surface area contributed by atoms with E-state index in [1.165, 1.54) is 7.11 Å². The number of esters is 1. The molecule has 1 fully saturated rings. The van der Waals surface area contributed by atoms with Crippen LogP contribution in [0.1, 0.15) is 22.5 Å². The van der Waals surface area contributed by atoms with Gasteiger partial charge in [-0.2, -0.15) is 5.10 Å². The molecule has 0 saturated carbocycles. The second-order valence-corrected chi connectivity index (χ2v) is 8.58. The first kappa shape index (κ1) is 22.4. The number of hydrogen-bond acceptors (Lipinski definition) is 7. The average molecular weight is 464 g/mol. The van der Waals surface area contributed by atoms with Gasteiger partial charge in [-0.05, 0) is 37.6 Å². The lowest BCUT2D eigenvalue weighted by molar-refractivity contribution is 0.0358. The van der Waals surface area contributed by atoms with Crippen molar-refractivity contribution in [3.8, 4) is 17.1 Å². The minimum atomic E-state index is -0.399. The van der Waals surface area contributed by atoms with Crippen molar-refractivity contribution >= 4 is 27.8 Å². The number of rotatable bonds is 7. The molecule has 0 aliphatic carbocycles. The van der Waals surface area contributed by atoms with Gasteiger partial charge in [0.1, 0.15) is 5.75 Å². The van der Waals surface area contributed by atoms with Crippen LogP contribution in [0.2, 0.25) is 0 Å². The molecule has 3 aromatic heterocycles. The summed E-state index contributed by atoms with van der Waals surface area (Å²) in [6.45, 7) is 6.93. The van der Waals surface area contributed by atoms with Gasteiger partial charge in [0.2, 0.25) is 0 Å². The van der Waals surface area contributed by atoms with E-state index in [4.69, 9.17) is 14.2 Å². The summed E-state index contributed by atoms with van der Waals surface area (Å²) in [6, 6.07) is 7.59. The quantitative estimate of drug-likeness (QED) is 0.332. The summed E-state index contributed by atoms with van der Waals surface area (Å²) in [5.74, 6) is 0.235. The summed E-state index contributed by atoms with van der Waals surface area (Å²) in [7, 11) is 3.29. The summed E-state index contributed by atoms with van der Waals surface area (Å²) in [6.07, 6.45) is 2.71. The van der Waals surface area contributed by atoms with E-state index in [0.29, 0.717) is 17.9 Å². The number of aryl methyl sites for hydroxylation is 2. The number of nitrogens with one attached hydrogen (secondary N) is 1. The Morgan fingerprint density at radius 1 is 1.18 bits per heavy atom. The zero-order chi connectivity index (χ0) is 23.7. The molecule has 0 atom stereocenters. The van der Waals surface area contributed by atoms with Crippen molar-refractivity contribution in [3.63, 3.8) is 0 Å². The lowest BCUT2D eigenvalue weighted by Crippen LogP contribution is -2.37. The molecule has 1 N–H and O–H groups in total. The lowest BCUT2D eigenvalue weighted by Gasteiger charge is -2.26. The second-order valence-electron chi connectivity index (χ2n) is 8.58. The topological polar surface area (TPSA) is 94.5 Å². The van der Waals surface area contributed by atoms with Crippen molar-refractivity contribution < 1.29 is 19.0 Å². The SMILES string of the molecule is COC(=O)c1cc(OCCCN2CCOCC2)c2[nH]c3cc(-c4cc(C)nn4C)ncc3c2c1. The predicted octanol–water partition coefficient (Wildman–Crippen LogP) is 3.31. The van der Waals surface area contributed by atoms with E-state index in [2.05, 4.69) is 20.0 Å². The first-order valence-corrected chi connectivity index (χ1v) is 11.5. The van der Waals surface area contributed by atoms with Crippen molar-refractivity contribution in [1.82, 2.24) is 24.6 Å². The van der Waals surface area contributed by atoms with Crippen molar-refractivity contribution in [2.75, 3.05) is 46.6 Å². The van der Waals surface area contributed by atoms with Gasteiger partial charge in [-0.1, -0.05) is 0 Å². The van der Waals surface area contributed by atoms with Gasteiger partial charge in [-0.25, -0.2) is 4.79 Å². The summed E-state index contributed by atoms with van der Waals surface area (Å²) < 4.78 is 18.4. The number of fused-ring (bicyclic) bond motifs is 3. The van der Waals surface area contributed by atoms with Crippen LogP contribution in [0.15, 0.2) is 30.5 Å². The summed E-state index contributed by atoms with van der Waals surface area (Å²) >= 11 is 0. The summed E-state index contributed by atoms with van der Waals surface area (Å²) in [5.41, 5.74) is 4.90. The van der Waals surface area contributed by atoms with E-state index in [0.717, 1.165) is 78.2 Å². The largest absolute Gasteiger partial charge is 0.491 e.